The third-order valence-electron chi connectivity index (χ3n) is 4.94. The van der Waals surface area contributed by atoms with Crippen LogP contribution >= 0.6 is 0 Å². The fourth-order valence-corrected chi connectivity index (χ4v) is 3.26. The molecular formula is C19H23N3O3. The molecule has 0 radical (unpaired) electrons. The third-order valence-corrected chi connectivity index (χ3v) is 4.94. The summed E-state index contributed by atoms with van der Waals surface area (Å²) in [6, 6.07) is 9.46. The third kappa shape index (κ3) is 3.67. The Bertz CT molecular complexity index is 719. The van der Waals surface area contributed by atoms with Gasteiger partial charge in [0.15, 0.2) is 6.10 Å². The molecule has 2 aromatic rings. The number of para-hydroxylation sites is 1. The summed E-state index contributed by atoms with van der Waals surface area (Å²) >= 11 is 0. The maximum Gasteiger partial charge on any atom is 0.263 e. The largest absolute Gasteiger partial charge is 0.481 e. The highest BCUT2D eigenvalue weighted by Crippen LogP contribution is 2.40. The number of benzene rings is 1. The molecule has 1 saturated carbocycles. The van der Waals surface area contributed by atoms with Gasteiger partial charge < -0.3 is 14.1 Å². The van der Waals surface area contributed by atoms with Gasteiger partial charge in [-0.25, -0.2) is 0 Å². The molecule has 2 heterocycles. The van der Waals surface area contributed by atoms with Crippen LogP contribution in [0.4, 0.5) is 0 Å². The minimum absolute atomic E-state index is 0.0338. The van der Waals surface area contributed by atoms with E-state index in [0.717, 1.165) is 43.2 Å². The fourth-order valence-electron chi connectivity index (χ4n) is 3.26. The van der Waals surface area contributed by atoms with E-state index in [0.29, 0.717) is 19.0 Å². The van der Waals surface area contributed by atoms with Gasteiger partial charge in [-0.3, -0.25) is 4.79 Å². The van der Waals surface area contributed by atoms with Crippen LogP contribution in [-0.2, 0) is 4.79 Å². The zero-order chi connectivity index (χ0) is 17.2. The molecule has 1 aromatic heterocycles. The minimum atomic E-state index is -0.483. The zero-order valence-corrected chi connectivity index (χ0v) is 14.4. The van der Waals surface area contributed by atoms with Gasteiger partial charge in [-0.1, -0.05) is 18.2 Å². The Morgan fingerprint density at radius 1 is 1.08 bits per heavy atom. The number of hydrogen-bond acceptors (Lipinski definition) is 5. The van der Waals surface area contributed by atoms with Gasteiger partial charge in [0.2, 0.25) is 11.8 Å². The second-order valence-electron chi connectivity index (χ2n) is 6.93. The first-order valence-electron chi connectivity index (χ1n) is 9.04. The topological polar surface area (TPSA) is 68.5 Å². The molecule has 0 N–H and O–H groups in total. The van der Waals surface area contributed by atoms with Crippen molar-refractivity contribution in [3.63, 3.8) is 0 Å². The van der Waals surface area contributed by atoms with Crippen molar-refractivity contribution in [2.24, 2.45) is 0 Å². The molecule has 0 bridgehead atoms. The average Bonchev–Trinajstić information content (AvgIpc) is 3.39. The van der Waals surface area contributed by atoms with Crippen molar-refractivity contribution in [2.75, 3.05) is 13.1 Å². The van der Waals surface area contributed by atoms with Crippen molar-refractivity contribution >= 4 is 5.91 Å². The molecule has 1 amide bonds. The van der Waals surface area contributed by atoms with Gasteiger partial charge in [-0.15, -0.1) is 10.2 Å². The monoisotopic (exact) mass is 341 g/mol. The van der Waals surface area contributed by atoms with Crippen LogP contribution in [0.5, 0.6) is 5.75 Å². The maximum atomic E-state index is 12.6. The summed E-state index contributed by atoms with van der Waals surface area (Å²) in [7, 11) is 0. The lowest BCUT2D eigenvalue weighted by Gasteiger charge is -2.32. The van der Waals surface area contributed by atoms with Crippen molar-refractivity contribution in [3.05, 3.63) is 42.1 Å². The number of nitrogens with zero attached hydrogens (tertiary/aromatic N) is 3. The molecule has 1 aromatic carbocycles. The Hall–Kier alpha value is -2.37. The Balaban J connectivity index is 1.30. The maximum absolute atomic E-state index is 12.6. The van der Waals surface area contributed by atoms with Crippen LogP contribution in [0.2, 0.25) is 0 Å². The van der Waals surface area contributed by atoms with Crippen molar-refractivity contribution in [1.82, 2.24) is 15.1 Å². The lowest BCUT2D eigenvalue weighted by Crippen LogP contribution is -2.44. The van der Waals surface area contributed by atoms with Crippen LogP contribution in [0.25, 0.3) is 0 Å². The summed E-state index contributed by atoms with van der Waals surface area (Å²) in [5.74, 6) is 3.03. The van der Waals surface area contributed by atoms with Crippen molar-refractivity contribution in [2.45, 2.75) is 50.5 Å². The summed E-state index contributed by atoms with van der Waals surface area (Å²) in [6.07, 6.45) is 3.55. The number of likely N-dealkylation sites (tertiary alicyclic amines) is 1. The van der Waals surface area contributed by atoms with E-state index in [1.807, 2.05) is 35.2 Å². The lowest BCUT2D eigenvalue weighted by atomic mass is 9.96. The molecular weight excluding hydrogens is 318 g/mol. The SMILES string of the molecule is C[C@H](Oc1ccccc1)C(=O)N1CCC(c2nnc(C3CC3)o2)CC1. The van der Waals surface area contributed by atoms with Gasteiger partial charge in [0, 0.05) is 24.9 Å². The fraction of sp³-hybridized carbons (Fsp3) is 0.526. The first-order chi connectivity index (χ1) is 12.2. The highest BCUT2D eigenvalue weighted by Gasteiger charge is 2.33. The summed E-state index contributed by atoms with van der Waals surface area (Å²) in [6.45, 7) is 3.21. The van der Waals surface area contributed by atoms with E-state index in [-0.39, 0.29) is 11.8 Å². The molecule has 0 unspecified atom stereocenters. The second kappa shape index (κ2) is 6.86. The van der Waals surface area contributed by atoms with Gasteiger partial charge in [0.1, 0.15) is 5.75 Å². The molecule has 6 heteroatoms. The van der Waals surface area contributed by atoms with Gasteiger partial charge in [0.05, 0.1) is 0 Å². The van der Waals surface area contributed by atoms with Crippen LogP contribution < -0.4 is 4.74 Å². The quantitative estimate of drug-likeness (QED) is 0.836. The molecule has 1 atom stereocenters. The van der Waals surface area contributed by atoms with Crippen LogP contribution in [0.1, 0.15) is 56.2 Å². The molecule has 1 aliphatic carbocycles. The van der Waals surface area contributed by atoms with Crippen molar-refractivity contribution < 1.29 is 13.9 Å². The standard InChI is InChI=1S/C19H23N3O3/c1-13(24-16-5-3-2-4-6-16)19(23)22-11-9-15(10-12-22)18-21-20-17(25-18)14-7-8-14/h2-6,13-15H,7-12H2,1H3/t13-/m0/s1. The van der Waals surface area contributed by atoms with E-state index < -0.39 is 6.10 Å². The van der Waals surface area contributed by atoms with Crippen molar-refractivity contribution in [3.8, 4) is 5.75 Å². The Morgan fingerprint density at radius 2 is 1.68 bits per heavy atom. The predicted octanol–water partition coefficient (Wildman–Crippen LogP) is 3.12. The number of carbonyl (C=O) groups excluding carboxylic acids is 1. The highest BCUT2D eigenvalue weighted by atomic mass is 16.5. The summed E-state index contributed by atoms with van der Waals surface area (Å²) in [5, 5.41) is 8.38. The van der Waals surface area contributed by atoms with E-state index in [1.54, 1.807) is 6.92 Å². The molecule has 1 saturated heterocycles. The minimum Gasteiger partial charge on any atom is -0.481 e. The number of amides is 1. The highest BCUT2D eigenvalue weighted by molar-refractivity contribution is 5.81. The average molecular weight is 341 g/mol. The van der Waals surface area contributed by atoms with E-state index in [1.165, 1.54) is 0 Å². The number of piperidine rings is 1. The molecule has 132 valence electrons. The van der Waals surface area contributed by atoms with E-state index in [4.69, 9.17) is 9.15 Å². The number of rotatable bonds is 5. The van der Waals surface area contributed by atoms with Gasteiger partial charge in [-0.2, -0.15) is 0 Å². The number of hydrogen-bond donors (Lipinski definition) is 0. The van der Waals surface area contributed by atoms with Crippen LogP contribution in [0.15, 0.2) is 34.7 Å². The Morgan fingerprint density at radius 3 is 2.28 bits per heavy atom. The first kappa shape index (κ1) is 16.1. The molecule has 0 spiro atoms. The number of ether oxygens (including phenoxy) is 1. The zero-order valence-electron chi connectivity index (χ0n) is 14.4. The summed E-state index contributed by atoms with van der Waals surface area (Å²) < 4.78 is 11.6. The molecule has 25 heavy (non-hydrogen) atoms. The van der Waals surface area contributed by atoms with Crippen LogP contribution in [-0.4, -0.2) is 40.2 Å². The normalized spacial score (nSPS) is 19.6. The smallest absolute Gasteiger partial charge is 0.263 e. The summed E-state index contributed by atoms with van der Waals surface area (Å²) in [4.78, 5) is 14.5. The van der Waals surface area contributed by atoms with Crippen LogP contribution in [0.3, 0.4) is 0 Å². The van der Waals surface area contributed by atoms with Crippen LogP contribution in [0, 0.1) is 0 Å². The van der Waals surface area contributed by atoms with Gasteiger partial charge in [0.25, 0.3) is 5.91 Å². The lowest BCUT2D eigenvalue weighted by molar-refractivity contribution is -0.139. The number of carbonyl (C=O) groups is 1. The second-order valence-corrected chi connectivity index (χ2v) is 6.93. The first-order valence-corrected chi connectivity index (χ1v) is 9.04. The predicted molar refractivity (Wildman–Crippen MR) is 91.4 cm³/mol. The molecule has 4 rings (SSSR count). The van der Waals surface area contributed by atoms with Gasteiger partial charge >= 0.3 is 0 Å². The van der Waals surface area contributed by atoms with Crippen molar-refractivity contribution in [1.29, 1.82) is 0 Å². The molecule has 2 aliphatic rings. The van der Waals surface area contributed by atoms with E-state index in [9.17, 15) is 4.79 Å². The number of aromatic nitrogens is 2. The van der Waals surface area contributed by atoms with Gasteiger partial charge in [-0.05, 0) is 44.7 Å². The molecule has 1 aliphatic heterocycles. The molecule has 2 fully saturated rings. The van der Waals surface area contributed by atoms with E-state index >= 15 is 0 Å². The Kier molecular flexibility index (Phi) is 4.42. The Labute approximate surface area is 147 Å². The summed E-state index contributed by atoms with van der Waals surface area (Å²) in [5.41, 5.74) is 0. The van der Waals surface area contributed by atoms with E-state index in [2.05, 4.69) is 10.2 Å². The molecule has 6 nitrogen and oxygen atoms in total.